The van der Waals surface area contributed by atoms with Gasteiger partial charge in [0, 0.05) is 5.69 Å². The molecule has 0 bridgehead atoms. The van der Waals surface area contributed by atoms with Crippen molar-refractivity contribution in [2.45, 2.75) is 44.9 Å². The Kier molecular flexibility index (Phi) is 7.81. The molecule has 130 valence electrons. The molecular weight excluding hydrogens is 300 g/mol. The molecule has 2 rings (SSSR count). The monoisotopic (exact) mass is 328 g/mol. The van der Waals surface area contributed by atoms with Crippen molar-refractivity contribution in [3.05, 3.63) is 29.8 Å². The number of aliphatic hydroxyl groups is 1. The number of hydrogen-bond acceptors (Lipinski definition) is 3. The summed E-state index contributed by atoms with van der Waals surface area (Å²) in [6.07, 6.45) is 6.13. The zero-order chi connectivity index (χ0) is 17.2. The quantitative estimate of drug-likeness (QED) is 0.623. The third-order valence-corrected chi connectivity index (χ3v) is 4.53. The van der Waals surface area contributed by atoms with Crippen LogP contribution in [0.25, 0.3) is 0 Å². The number of hydrogen-bond donors (Lipinski definition) is 2. The van der Waals surface area contributed by atoms with Gasteiger partial charge in [-0.1, -0.05) is 56.2 Å². The highest BCUT2D eigenvalue weighted by Gasteiger charge is 2.23. The fourth-order valence-electron chi connectivity index (χ4n) is 3.27. The molecule has 24 heavy (non-hydrogen) atoms. The number of nitrogens with one attached hydrogen (secondary N) is 1. The smallest absolute Gasteiger partial charge is 0.253 e. The highest BCUT2D eigenvalue weighted by molar-refractivity contribution is 5.95. The lowest BCUT2D eigenvalue weighted by Gasteiger charge is -2.28. The Hall–Kier alpha value is -1.83. The minimum Gasteiger partial charge on any atom is -0.387 e. The summed E-state index contributed by atoms with van der Waals surface area (Å²) >= 11 is 0. The maximum absolute atomic E-state index is 12.3. The summed E-state index contributed by atoms with van der Waals surface area (Å²) in [5, 5.41) is 12.5. The summed E-state index contributed by atoms with van der Waals surface area (Å²) < 4.78 is 0. The first-order valence-corrected chi connectivity index (χ1v) is 8.94. The van der Waals surface area contributed by atoms with E-state index in [-0.39, 0.29) is 5.91 Å². The van der Waals surface area contributed by atoms with E-state index < -0.39 is 6.61 Å². The van der Waals surface area contributed by atoms with Crippen LogP contribution >= 0.6 is 0 Å². The van der Waals surface area contributed by atoms with Gasteiger partial charge in [0.2, 0.25) is 0 Å². The number of carbonyl (C=O) groups excluding carboxylic acids is 1. The molecule has 1 saturated carbocycles. The van der Waals surface area contributed by atoms with Crippen LogP contribution < -0.4 is 10.2 Å². The van der Waals surface area contributed by atoms with Crippen molar-refractivity contribution in [2.75, 3.05) is 31.1 Å². The zero-order valence-corrected chi connectivity index (χ0v) is 14.6. The van der Waals surface area contributed by atoms with Crippen LogP contribution in [0.3, 0.4) is 0 Å². The number of para-hydroxylation sites is 1. The molecule has 2 N–H and O–H groups in total. The molecule has 0 aliphatic heterocycles. The van der Waals surface area contributed by atoms with Crippen LogP contribution in [0, 0.1) is 11.8 Å². The summed E-state index contributed by atoms with van der Waals surface area (Å²) in [5.41, 5.74) is 2.12. The van der Waals surface area contributed by atoms with E-state index in [1.807, 2.05) is 25.1 Å². The molecule has 1 fully saturated rings. The van der Waals surface area contributed by atoms with E-state index in [2.05, 4.69) is 23.2 Å². The summed E-state index contributed by atoms with van der Waals surface area (Å²) in [7, 11) is 0. The molecule has 1 aromatic carbocycles. The largest absolute Gasteiger partial charge is 0.387 e. The fourth-order valence-corrected chi connectivity index (χ4v) is 3.27. The van der Waals surface area contributed by atoms with Crippen molar-refractivity contribution in [3.63, 3.8) is 0 Å². The summed E-state index contributed by atoms with van der Waals surface area (Å²) in [5.74, 6) is 6.28. The number of carbonyl (C=O) groups is 1. The first-order valence-electron chi connectivity index (χ1n) is 8.94. The minimum absolute atomic E-state index is 0.295. The van der Waals surface area contributed by atoms with Crippen molar-refractivity contribution in [3.8, 4) is 11.8 Å². The van der Waals surface area contributed by atoms with Gasteiger partial charge in [0.15, 0.2) is 0 Å². The van der Waals surface area contributed by atoms with Gasteiger partial charge in [-0.05, 0) is 36.9 Å². The van der Waals surface area contributed by atoms with E-state index in [1.54, 1.807) is 4.90 Å². The average Bonchev–Trinajstić information content (AvgIpc) is 2.65. The minimum atomic E-state index is -0.492. The second-order valence-electron chi connectivity index (χ2n) is 6.17. The summed E-state index contributed by atoms with van der Waals surface area (Å²) in [6, 6.07) is 8.08. The molecule has 0 unspecified atom stereocenters. The maximum Gasteiger partial charge on any atom is 0.253 e. The zero-order valence-electron chi connectivity index (χ0n) is 14.6. The Bertz CT molecular complexity index is 583. The molecule has 0 heterocycles. The lowest BCUT2D eigenvalue weighted by Crippen LogP contribution is -2.34. The van der Waals surface area contributed by atoms with Crippen molar-refractivity contribution in [2.24, 2.45) is 0 Å². The Morgan fingerprint density at radius 3 is 2.71 bits per heavy atom. The topological polar surface area (TPSA) is 52.6 Å². The summed E-state index contributed by atoms with van der Waals surface area (Å²) in [4.78, 5) is 13.9. The molecule has 0 spiro atoms. The maximum atomic E-state index is 12.3. The summed E-state index contributed by atoms with van der Waals surface area (Å²) in [6.45, 7) is 3.34. The predicted octanol–water partition coefficient (Wildman–Crippen LogP) is 2.67. The van der Waals surface area contributed by atoms with Gasteiger partial charge in [-0.25, -0.2) is 0 Å². The van der Waals surface area contributed by atoms with Gasteiger partial charge in [-0.15, -0.1) is 0 Å². The Balaban J connectivity index is 2.21. The van der Waals surface area contributed by atoms with Crippen LogP contribution in [0.4, 0.5) is 5.69 Å². The second kappa shape index (κ2) is 10.1. The first kappa shape index (κ1) is 18.5. The van der Waals surface area contributed by atoms with Crippen LogP contribution in [-0.2, 0) is 4.79 Å². The van der Waals surface area contributed by atoms with E-state index in [0.717, 1.165) is 12.2 Å². The Morgan fingerprint density at radius 2 is 2.00 bits per heavy atom. The number of benzene rings is 1. The van der Waals surface area contributed by atoms with Crippen LogP contribution in [0.15, 0.2) is 24.3 Å². The highest BCUT2D eigenvalue weighted by Crippen LogP contribution is 2.37. The Morgan fingerprint density at radius 1 is 1.25 bits per heavy atom. The fraction of sp³-hybridized carbons (Fsp3) is 0.550. The predicted molar refractivity (Wildman–Crippen MR) is 98.0 cm³/mol. The van der Waals surface area contributed by atoms with Gasteiger partial charge < -0.3 is 10.4 Å². The van der Waals surface area contributed by atoms with Crippen molar-refractivity contribution in [1.82, 2.24) is 5.32 Å². The number of amides is 1. The molecule has 0 aromatic heterocycles. The molecule has 1 aliphatic carbocycles. The molecule has 0 atom stereocenters. The number of nitrogens with zero attached hydrogens (tertiary/aromatic N) is 1. The van der Waals surface area contributed by atoms with E-state index in [1.165, 1.54) is 37.7 Å². The van der Waals surface area contributed by atoms with Gasteiger partial charge in [-0.3, -0.25) is 9.69 Å². The van der Waals surface area contributed by atoms with Crippen molar-refractivity contribution < 1.29 is 9.90 Å². The second-order valence-corrected chi connectivity index (χ2v) is 6.17. The van der Waals surface area contributed by atoms with Gasteiger partial charge >= 0.3 is 0 Å². The molecule has 1 aromatic rings. The molecule has 1 amide bonds. The lowest BCUT2D eigenvalue weighted by atomic mass is 9.83. The normalized spacial score (nSPS) is 14.8. The molecule has 0 saturated heterocycles. The molecule has 0 radical (unpaired) electrons. The third kappa shape index (κ3) is 5.09. The van der Waals surface area contributed by atoms with Crippen LogP contribution in [0.1, 0.15) is 50.5 Å². The van der Waals surface area contributed by atoms with Gasteiger partial charge in [0.05, 0.1) is 13.1 Å². The third-order valence-electron chi connectivity index (χ3n) is 4.53. The van der Waals surface area contributed by atoms with E-state index in [4.69, 9.17) is 0 Å². The van der Waals surface area contributed by atoms with Crippen molar-refractivity contribution in [1.29, 1.82) is 0 Å². The van der Waals surface area contributed by atoms with E-state index >= 15 is 0 Å². The standard InChI is InChI=1S/C20H28N2O2/c1-2-21-14-8-9-15-22(20(24)16-23)19-13-7-6-12-18(19)17-10-4-3-5-11-17/h6-7,12-13,17,21,23H,2-5,10-11,14-16H2,1H3. The SMILES string of the molecule is CCNCC#CCN(C(=O)CO)c1ccccc1C1CCCCC1. The van der Waals surface area contributed by atoms with Crippen LogP contribution in [0.2, 0.25) is 0 Å². The number of aliphatic hydroxyl groups excluding tert-OH is 1. The van der Waals surface area contributed by atoms with E-state index in [9.17, 15) is 9.90 Å². The lowest BCUT2D eigenvalue weighted by molar-refractivity contribution is -0.121. The highest BCUT2D eigenvalue weighted by atomic mass is 16.3. The van der Waals surface area contributed by atoms with Gasteiger partial charge in [-0.2, -0.15) is 0 Å². The van der Waals surface area contributed by atoms with Crippen LogP contribution in [0.5, 0.6) is 0 Å². The average molecular weight is 328 g/mol. The molecule has 4 heteroatoms. The molecular formula is C20H28N2O2. The van der Waals surface area contributed by atoms with Gasteiger partial charge in [0.25, 0.3) is 5.91 Å². The molecule has 4 nitrogen and oxygen atoms in total. The number of rotatable bonds is 6. The van der Waals surface area contributed by atoms with Gasteiger partial charge in [0.1, 0.15) is 6.61 Å². The Labute approximate surface area is 145 Å². The first-order chi connectivity index (χ1) is 11.8. The molecule has 1 aliphatic rings. The van der Waals surface area contributed by atoms with Crippen LogP contribution in [-0.4, -0.2) is 37.3 Å². The van der Waals surface area contributed by atoms with Crippen molar-refractivity contribution >= 4 is 11.6 Å². The van der Waals surface area contributed by atoms with E-state index in [0.29, 0.717) is 19.0 Å². The number of anilines is 1.